The highest BCUT2D eigenvalue weighted by Crippen LogP contribution is 2.27. The highest BCUT2D eigenvalue weighted by molar-refractivity contribution is 5.32. The molecule has 0 saturated heterocycles. The number of hydrogen-bond acceptors (Lipinski definition) is 2. The second kappa shape index (κ2) is 5.31. The van der Waals surface area contributed by atoms with E-state index in [2.05, 4.69) is 5.10 Å². The molecule has 0 aliphatic carbocycles. The molecule has 1 aromatic carbocycles. The standard InChI is InChI=1S/C14H17FN2O/c1-3-10(2)13(18)12-9-16-17(14(12)15)11-7-5-4-6-8-11/h4-10,13,18H,3H2,1-2H3. The molecular weight excluding hydrogens is 231 g/mol. The zero-order valence-corrected chi connectivity index (χ0v) is 10.5. The number of hydrogen-bond donors (Lipinski definition) is 1. The molecule has 18 heavy (non-hydrogen) atoms. The fraction of sp³-hybridized carbons (Fsp3) is 0.357. The first-order chi connectivity index (χ1) is 8.65. The van der Waals surface area contributed by atoms with Gasteiger partial charge in [-0.1, -0.05) is 38.5 Å². The molecule has 2 aromatic rings. The SMILES string of the molecule is CCC(C)C(O)c1cnn(-c2ccccc2)c1F. The topological polar surface area (TPSA) is 38.1 Å². The molecule has 0 aliphatic rings. The first-order valence-corrected chi connectivity index (χ1v) is 6.12. The van der Waals surface area contributed by atoms with E-state index in [4.69, 9.17) is 0 Å². The summed E-state index contributed by atoms with van der Waals surface area (Å²) >= 11 is 0. The molecule has 2 unspecified atom stereocenters. The van der Waals surface area contributed by atoms with E-state index >= 15 is 0 Å². The van der Waals surface area contributed by atoms with Crippen LogP contribution in [0.25, 0.3) is 5.69 Å². The number of nitrogens with zero attached hydrogens (tertiary/aromatic N) is 2. The Morgan fingerprint density at radius 3 is 2.61 bits per heavy atom. The van der Waals surface area contributed by atoms with Crippen molar-refractivity contribution in [2.75, 3.05) is 0 Å². The Labute approximate surface area is 106 Å². The summed E-state index contributed by atoms with van der Waals surface area (Å²) in [6, 6.07) is 9.05. The number of halogens is 1. The van der Waals surface area contributed by atoms with Crippen LogP contribution in [0.3, 0.4) is 0 Å². The fourth-order valence-electron chi connectivity index (χ4n) is 1.82. The largest absolute Gasteiger partial charge is 0.388 e. The van der Waals surface area contributed by atoms with Crippen LogP contribution >= 0.6 is 0 Å². The van der Waals surface area contributed by atoms with E-state index in [0.29, 0.717) is 5.69 Å². The van der Waals surface area contributed by atoms with Gasteiger partial charge in [-0.3, -0.25) is 0 Å². The second-order valence-corrected chi connectivity index (χ2v) is 4.47. The minimum atomic E-state index is -0.813. The molecule has 0 spiro atoms. The lowest BCUT2D eigenvalue weighted by atomic mass is 9.97. The number of aliphatic hydroxyl groups excluding tert-OH is 1. The van der Waals surface area contributed by atoms with Crippen LogP contribution in [0.5, 0.6) is 0 Å². The van der Waals surface area contributed by atoms with Crippen molar-refractivity contribution >= 4 is 0 Å². The maximum absolute atomic E-state index is 14.2. The third-order valence-electron chi connectivity index (χ3n) is 3.24. The minimum Gasteiger partial charge on any atom is -0.388 e. The second-order valence-electron chi connectivity index (χ2n) is 4.47. The Kier molecular flexibility index (Phi) is 3.77. The minimum absolute atomic E-state index is 0.00734. The lowest BCUT2D eigenvalue weighted by Crippen LogP contribution is -2.10. The quantitative estimate of drug-likeness (QED) is 0.902. The molecular formula is C14H17FN2O. The fourth-order valence-corrected chi connectivity index (χ4v) is 1.82. The molecule has 0 amide bonds. The summed E-state index contributed by atoms with van der Waals surface area (Å²) in [6.45, 7) is 3.86. The number of aromatic nitrogens is 2. The van der Waals surface area contributed by atoms with Gasteiger partial charge in [-0.05, 0) is 18.1 Å². The number of benzene rings is 1. The van der Waals surface area contributed by atoms with Crippen LogP contribution in [-0.2, 0) is 0 Å². The first-order valence-electron chi connectivity index (χ1n) is 6.12. The molecule has 0 aliphatic heterocycles. The number of aliphatic hydroxyl groups is 1. The van der Waals surface area contributed by atoms with E-state index in [9.17, 15) is 9.50 Å². The zero-order chi connectivity index (χ0) is 13.1. The van der Waals surface area contributed by atoms with Crippen molar-refractivity contribution in [3.8, 4) is 5.69 Å². The normalized spacial score (nSPS) is 14.4. The Morgan fingerprint density at radius 2 is 2.00 bits per heavy atom. The predicted molar refractivity (Wildman–Crippen MR) is 67.9 cm³/mol. The van der Waals surface area contributed by atoms with Crippen molar-refractivity contribution in [2.45, 2.75) is 26.4 Å². The molecule has 1 N–H and O–H groups in total. The highest BCUT2D eigenvalue weighted by atomic mass is 19.1. The average molecular weight is 248 g/mol. The molecule has 0 saturated carbocycles. The predicted octanol–water partition coefficient (Wildman–Crippen LogP) is 3.09. The van der Waals surface area contributed by atoms with E-state index in [1.165, 1.54) is 10.9 Å². The molecule has 0 radical (unpaired) electrons. The van der Waals surface area contributed by atoms with Crippen molar-refractivity contribution in [1.82, 2.24) is 9.78 Å². The molecule has 2 rings (SSSR count). The van der Waals surface area contributed by atoms with E-state index < -0.39 is 12.1 Å². The van der Waals surface area contributed by atoms with Crippen LogP contribution < -0.4 is 0 Å². The lowest BCUT2D eigenvalue weighted by molar-refractivity contribution is 0.111. The van der Waals surface area contributed by atoms with Gasteiger partial charge in [0.05, 0.1) is 23.6 Å². The van der Waals surface area contributed by atoms with Crippen molar-refractivity contribution in [2.24, 2.45) is 5.92 Å². The summed E-state index contributed by atoms with van der Waals surface area (Å²) in [4.78, 5) is 0. The van der Waals surface area contributed by atoms with E-state index in [-0.39, 0.29) is 11.5 Å². The van der Waals surface area contributed by atoms with E-state index in [0.717, 1.165) is 6.42 Å². The summed E-state index contributed by atoms with van der Waals surface area (Å²) in [7, 11) is 0. The van der Waals surface area contributed by atoms with Gasteiger partial charge in [-0.15, -0.1) is 0 Å². The molecule has 0 fully saturated rings. The number of rotatable bonds is 4. The summed E-state index contributed by atoms with van der Waals surface area (Å²) in [5.41, 5.74) is 0.908. The van der Waals surface area contributed by atoms with Gasteiger partial charge in [0.2, 0.25) is 5.95 Å². The summed E-state index contributed by atoms with van der Waals surface area (Å²) in [6.07, 6.45) is 1.38. The Balaban J connectivity index is 2.35. The van der Waals surface area contributed by atoms with Crippen LogP contribution in [0, 0.1) is 11.9 Å². The molecule has 1 heterocycles. The van der Waals surface area contributed by atoms with E-state index in [1.807, 2.05) is 32.0 Å². The Morgan fingerprint density at radius 1 is 1.33 bits per heavy atom. The zero-order valence-electron chi connectivity index (χ0n) is 10.5. The molecule has 4 heteroatoms. The van der Waals surface area contributed by atoms with Gasteiger partial charge in [-0.2, -0.15) is 9.49 Å². The van der Waals surface area contributed by atoms with Crippen LogP contribution in [0.4, 0.5) is 4.39 Å². The van der Waals surface area contributed by atoms with Crippen molar-refractivity contribution < 1.29 is 9.50 Å². The average Bonchev–Trinajstić information content (AvgIpc) is 2.80. The molecule has 0 bridgehead atoms. The van der Waals surface area contributed by atoms with Crippen molar-refractivity contribution in [1.29, 1.82) is 0 Å². The van der Waals surface area contributed by atoms with Crippen molar-refractivity contribution in [3.63, 3.8) is 0 Å². The van der Waals surface area contributed by atoms with Gasteiger partial charge in [0.1, 0.15) is 0 Å². The van der Waals surface area contributed by atoms with Gasteiger partial charge in [-0.25, -0.2) is 4.68 Å². The third-order valence-corrected chi connectivity index (χ3v) is 3.24. The molecule has 2 atom stereocenters. The van der Waals surface area contributed by atoms with Gasteiger partial charge in [0.15, 0.2) is 0 Å². The number of para-hydroxylation sites is 1. The van der Waals surface area contributed by atoms with Gasteiger partial charge in [0, 0.05) is 0 Å². The molecule has 1 aromatic heterocycles. The monoisotopic (exact) mass is 248 g/mol. The van der Waals surface area contributed by atoms with Gasteiger partial charge >= 0.3 is 0 Å². The van der Waals surface area contributed by atoms with Gasteiger partial charge in [0.25, 0.3) is 0 Å². The van der Waals surface area contributed by atoms with Crippen LogP contribution in [0.1, 0.15) is 31.9 Å². The summed E-state index contributed by atoms with van der Waals surface area (Å²) in [5, 5.41) is 14.0. The maximum atomic E-state index is 14.2. The van der Waals surface area contributed by atoms with Crippen molar-refractivity contribution in [3.05, 3.63) is 48.0 Å². The lowest BCUT2D eigenvalue weighted by Gasteiger charge is -2.15. The molecule has 96 valence electrons. The van der Waals surface area contributed by atoms with Crippen LogP contribution in [0.2, 0.25) is 0 Å². The summed E-state index contributed by atoms with van der Waals surface area (Å²) in [5.74, 6) is -0.484. The summed E-state index contributed by atoms with van der Waals surface area (Å²) < 4.78 is 15.4. The van der Waals surface area contributed by atoms with Gasteiger partial charge < -0.3 is 5.11 Å². The van der Waals surface area contributed by atoms with Crippen LogP contribution in [0.15, 0.2) is 36.5 Å². The Bertz CT molecular complexity index is 510. The Hall–Kier alpha value is -1.68. The third kappa shape index (κ3) is 2.29. The van der Waals surface area contributed by atoms with E-state index in [1.54, 1.807) is 12.1 Å². The maximum Gasteiger partial charge on any atom is 0.222 e. The molecule has 3 nitrogen and oxygen atoms in total. The van der Waals surface area contributed by atoms with Crippen LogP contribution in [-0.4, -0.2) is 14.9 Å². The highest BCUT2D eigenvalue weighted by Gasteiger charge is 2.22. The first kappa shape index (κ1) is 12.8. The smallest absolute Gasteiger partial charge is 0.222 e.